The predicted molar refractivity (Wildman–Crippen MR) is 90.7 cm³/mol. The molecule has 25 heavy (non-hydrogen) atoms. The number of hydrogen-bond acceptors (Lipinski definition) is 4. The normalized spacial score (nSPS) is 15.2. The molecule has 0 spiro atoms. The van der Waals surface area contributed by atoms with Crippen LogP contribution in [0.5, 0.6) is 0 Å². The molecule has 1 heterocycles. The smallest absolute Gasteiger partial charge is 0.270 e. The molecule has 0 saturated carbocycles. The third-order valence-corrected chi connectivity index (χ3v) is 4.28. The Balaban J connectivity index is 1.58. The van der Waals surface area contributed by atoms with Gasteiger partial charge in [-0.2, -0.15) is 0 Å². The van der Waals surface area contributed by atoms with Crippen LogP contribution in [0.3, 0.4) is 0 Å². The molecular formula is C18H18FN3O3. The maximum atomic E-state index is 12.9. The largest absolute Gasteiger partial charge is 0.336 e. The van der Waals surface area contributed by atoms with Gasteiger partial charge in [-0.15, -0.1) is 0 Å². The summed E-state index contributed by atoms with van der Waals surface area (Å²) >= 11 is 0. The van der Waals surface area contributed by atoms with Crippen molar-refractivity contribution in [3.63, 3.8) is 0 Å². The highest BCUT2D eigenvalue weighted by atomic mass is 19.1. The van der Waals surface area contributed by atoms with Crippen LogP contribution in [-0.2, 0) is 6.54 Å². The van der Waals surface area contributed by atoms with Crippen molar-refractivity contribution in [3.05, 3.63) is 75.6 Å². The molecule has 0 atom stereocenters. The van der Waals surface area contributed by atoms with E-state index in [1.807, 2.05) is 0 Å². The summed E-state index contributed by atoms with van der Waals surface area (Å²) < 4.78 is 12.9. The van der Waals surface area contributed by atoms with E-state index in [4.69, 9.17) is 0 Å². The van der Waals surface area contributed by atoms with Crippen LogP contribution in [0.2, 0.25) is 0 Å². The average Bonchev–Trinajstić information content (AvgIpc) is 2.64. The third-order valence-electron chi connectivity index (χ3n) is 4.28. The second-order valence-electron chi connectivity index (χ2n) is 6.00. The summed E-state index contributed by atoms with van der Waals surface area (Å²) in [5, 5.41) is 10.8. The van der Waals surface area contributed by atoms with Crippen LogP contribution in [0.4, 0.5) is 10.1 Å². The molecule has 130 valence electrons. The van der Waals surface area contributed by atoms with Crippen molar-refractivity contribution >= 4 is 11.6 Å². The van der Waals surface area contributed by atoms with E-state index in [9.17, 15) is 19.3 Å². The van der Waals surface area contributed by atoms with Crippen molar-refractivity contribution in [1.82, 2.24) is 9.80 Å². The predicted octanol–water partition coefficient (Wildman–Crippen LogP) is 2.69. The third kappa shape index (κ3) is 4.19. The molecule has 0 N–H and O–H groups in total. The average molecular weight is 343 g/mol. The van der Waals surface area contributed by atoms with E-state index in [0.29, 0.717) is 38.3 Å². The zero-order valence-corrected chi connectivity index (χ0v) is 13.6. The Morgan fingerprint density at radius 2 is 1.76 bits per heavy atom. The number of carbonyl (C=O) groups is 1. The summed E-state index contributed by atoms with van der Waals surface area (Å²) in [6.07, 6.45) is 0. The molecule has 0 aliphatic carbocycles. The molecule has 2 aromatic rings. The Morgan fingerprint density at radius 1 is 1.08 bits per heavy atom. The fourth-order valence-corrected chi connectivity index (χ4v) is 2.89. The number of halogens is 1. The molecular weight excluding hydrogens is 325 g/mol. The van der Waals surface area contributed by atoms with Gasteiger partial charge in [-0.05, 0) is 23.8 Å². The topological polar surface area (TPSA) is 66.7 Å². The van der Waals surface area contributed by atoms with Gasteiger partial charge in [0.15, 0.2) is 0 Å². The lowest BCUT2D eigenvalue weighted by Gasteiger charge is -2.34. The molecule has 1 saturated heterocycles. The monoisotopic (exact) mass is 343 g/mol. The maximum absolute atomic E-state index is 12.9. The standard InChI is InChI=1S/C18H18FN3O3/c19-16-6-4-14(5-7-16)13-20-8-10-21(11-9-20)18(23)15-2-1-3-17(12-15)22(24)25/h1-7,12H,8-11,13H2. The number of carbonyl (C=O) groups excluding carboxylic acids is 1. The second-order valence-corrected chi connectivity index (χ2v) is 6.00. The van der Waals surface area contributed by atoms with Crippen LogP contribution >= 0.6 is 0 Å². The summed E-state index contributed by atoms with van der Waals surface area (Å²) in [6.45, 7) is 3.24. The Bertz CT molecular complexity index is 771. The number of amides is 1. The number of non-ortho nitro benzene ring substituents is 1. The van der Waals surface area contributed by atoms with Gasteiger partial charge in [0.2, 0.25) is 0 Å². The fraction of sp³-hybridized carbons (Fsp3) is 0.278. The molecule has 0 aromatic heterocycles. The molecule has 1 fully saturated rings. The van der Waals surface area contributed by atoms with Crippen molar-refractivity contribution in [2.24, 2.45) is 0 Å². The molecule has 2 aromatic carbocycles. The quantitative estimate of drug-likeness (QED) is 0.632. The van der Waals surface area contributed by atoms with Crippen molar-refractivity contribution in [2.75, 3.05) is 26.2 Å². The van der Waals surface area contributed by atoms with Gasteiger partial charge in [-0.25, -0.2) is 4.39 Å². The number of hydrogen-bond donors (Lipinski definition) is 0. The Hall–Kier alpha value is -2.80. The number of nitro groups is 1. The summed E-state index contributed by atoms with van der Waals surface area (Å²) in [7, 11) is 0. The number of benzene rings is 2. The van der Waals surface area contributed by atoms with Crippen LogP contribution in [0.1, 0.15) is 15.9 Å². The first kappa shape index (κ1) is 17.0. The molecule has 1 aliphatic rings. The first-order chi connectivity index (χ1) is 12.0. The lowest BCUT2D eigenvalue weighted by atomic mass is 10.1. The molecule has 1 amide bonds. The van der Waals surface area contributed by atoms with Gasteiger partial charge < -0.3 is 4.90 Å². The van der Waals surface area contributed by atoms with E-state index in [2.05, 4.69) is 4.90 Å². The van der Waals surface area contributed by atoms with Gasteiger partial charge >= 0.3 is 0 Å². The molecule has 0 bridgehead atoms. The molecule has 3 rings (SSSR count). The number of nitro benzene ring substituents is 1. The van der Waals surface area contributed by atoms with E-state index in [0.717, 1.165) is 5.56 Å². The van der Waals surface area contributed by atoms with Gasteiger partial charge in [-0.3, -0.25) is 19.8 Å². The van der Waals surface area contributed by atoms with Crippen LogP contribution in [0.15, 0.2) is 48.5 Å². The highest BCUT2D eigenvalue weighted by Gasteiger charge is 2.23. The first-order valence-electron chi connectivity index (χ1n) is 8.03. The molecule has 0 unspecified atom stereocenters. The van der Waals surface area contributed by atoms with Crippen molar-refractivity contribution in [3.8, 4) is 0 Å². The zero-order chi connectivity index (χ0) is 17.8. The van der Waals surface area contributed by atoms with Crippen LogP contribution in [-0.4, -0.2) is 46.8 Å². The first-order valence-corrected chi connectivity index (χ1v) is 8.03. The Morgan fingerprint density at radius 3 is 2.40 bits per heavy atom. The molecule has 1 aliphatic heterocycles. The van der Waals surface area contributed by atoms with Crippen molar-refractivity contribution < 1.29 is 14.1 Å². The van der Waals surface area contributed by atoms with Gasteiger partial charge in [-0.1, -0.05) is 18.2 Å². The molecule has 0 radical (unpaired) electrons. The van der Waals surface area contributed by atoms with Crippen molar-refractivity contribution in [2.45, 2.75) is 6.54 Å². The Kier molecular flexibility index (Phi) is 5.04. The van der Waals surface area contributed by atoms with Gasteiger partial charge in [0.1, 0.15) is 5.82 Å². The molecule has 6 nitrogen and oxygen atoms in total. The lowest BCUT2D eigenvalue weighted by Crippen LogP contribution is -2.48. The van der Waals surface area contributed by atoms with E-state index in [1.54, 1.807) is 23.1 Å². The van der Waals surface area contributed by atoms with E-state index in [1.165, 1.54) is 30.3 Å². The minimum atomic E-state index is -0.503. The SMILES string of the molecule is O=C(c1cccc([N+](=O)[O-])c1)N1CCN(Cc2ccc(F)cc2)CC1. The minimum absolute atomic E-state index is 0.0826. The summed E-state index contributed by atoms with van der Waals surface area (Å²) in [5.41, 5.74) is 1.28. The Labute approximate surface area is 144 Å². The lowest BCUT2D eigenvalue weighted by molar-refractivity contribution is -0.384. The minimum Gasteiger partial charge on any atom is -0.336 e. The summed E-state index contributed by atoms with van der Waals surface area (Å²) in [6, 6.07) is 12.2. The van der Waals surface area contributed by atoms with E-state index < -0.39 is 4.92 Å². The highest BCUT2D eigenvalue weighted by molar-refractivity contribution is 5.94. The van der Waals surface area contributed by atoms with Crippen molar-refractivity contribution in [1.29, 1.82) is 0 Å². The van der Waals surface area contributed by atoms with Gasteiger partial charge in [0.25, 0.3) is 11.6 Å². The number of nitrogens with zero attached hydrogens (tertiary/aromatic N) is 3. The van der Waals surface area contributed by atoms with E-state index >= 15 is 0 Å². The summed E-state index contributed by atoms with van der Waals surface area (Å²) in [5.74, 6) is -0.443. The van der Waals surface area contributed by atoms with Gasteiger partial charge in [0, 0.05) is 50.4 Å². The number of piperazine rings is 1. The van der Waals surface area contributed by atoms with E-state index in [-0.39, 0.29) is 17.4 Å². The second kappa shape index (κ2) is 7.40. The van der Waals surface area contributed by atoms with Crippen LogP contribution in [0.25, 0.3) is 0 Å². The fourth-order valence-electron chi connectivity index (χ4n) is 2.89. The molecule has 7 heteroatoms. The zero-order valence-electron chi connectivity index (χ0n) is 13.6. The van der Waals surface area contributed by atoms with Crippen LogP contribution in [0, 0.1) is 15.9 Å². The number of rotatable bonds is 4. The highest BCUT2D eigenvalue weighted by Crippen LogP contribution is 2.16. The van der Waals surface area contributed by atoms with Gasteiger partial charge in [0.05, 0.1) is 4.92 Å². The van der Waals surface area contributed by atoms with Crippen LogP contribution < -0.4 is 0 Å². The summed E-state index contributed by atoms with van der Waals surface area (Å²) in [4.78, 5) is 26.8. The maximum Gasteiger partial charge on any atom is 0.270 e.